The number of nitrogen functional groups attached to an aromatic ring is 1. The molecule has 10 heteroatoms. The van der Waals surface area contributed by atoms with Gasteiger partial charge in [-0.25, -0.2) is 9.78 Å². The summed E-state index contributed by atoms with van der Waals surface area (Å²) < 4.78 is 13.6. The Kier molecular flexibility index (Phi) is 4.41. The minimum Gasteiger partial charge on any atom is -0.465 e. The highest BCUT2D eigenvalue weighted by Crippen LogP contribution is 2.42. The van der Waals surface area contributed by atoms with Gasteiger partial charge in [-0.05, 0) is 49.3 Å². The molecule has 2 fully saturated rings. The third-order valence-electron chi connectivity index (χ3n) is 7.45. The standard InChI is InChI=1S/C25H22N6O3S/c26-24-22-19(8-21(34-22)18-3-1-2-13-10-29-35-23(13)18)20(11-27-24)14-9-28-30(12-14)17-6-15-4-5-16(7-17)31(15)25(32)33/h1-3,8-12,15-17H,4-7H2,(H2,26,27)(H,32,33). The molecule has 0 spiro atoms. The molecule has 2 aliphatic rings. The summed E-state index contributed by atoms with van der Waals surface area (Å²) in [6, 6.07) is 8.39. The summed E-state index contributed by atoms with van der Waals surface area (Å²) in [5.74, 6) is 1.07. The lowest BCUT2D eigenvalue weighted by molar-refractivity contribution is 0.0845. The predicted octanol–water partition coefficient (Wildman–Crippen LogP) is 5.40. The number of amides is 1. The van der Waals surface area contributed by atoms with Crippen LogP contribution in [0.5, 0.6) is 0 Å². The zero-order valence-corrected chi connectivity index (χ0v) is 19.5. The highest BCUT2D eigenvalue weighted by molar-refractivity contribution is 7.13. The Bertz CT molecular complexity index is 1590. The first kappa shape index (κ1) is 20.5. The van der Waals surface area contributed by atoms with Gasteiger partial charge in [0, 0.05) is 58.1 Å². The molecule has 4 aromatic heterocycles. The molecule has 5 aromatic rings. The summed E-state index contributed by atoms with van der Waals surface area (Å²) in [6.45, 7) is 0. The van der Waals surface area contributed by atoms with Crippen molar-refractivity contribution >= 4 is 44.5 Å². The lowest BCUT2D eigenvalue weighted by Crippen LogP contribution is -2.46. The Balaban J connectivity index is 1.26. The van der Waals surface area contributed by atoms with Crippen molar-refractivity contribution in [3.05, 3.63) is 49.1 Å². The fourth-order valence-electron chi connectivity index (χ4n) is 5.85. The minimum atomic E-state index is -0.808. The van der Waals surface area contributed by atoms with Crippen molar-refractivity contribution < 1.29 is 14.3 Å². The third kappa shape index (κ3) is 3.13. The number of hydrogen-bond acceptors (Lipinski definition) is 7. The number of carbonyl (C=O) groups is 1. The number of benzene rings is 1. The van der Waals surface area contributed by atoms with Crippen molar-refractivity contribution in [3.63, 3.8) is 0 Å². The van der Waals surface area contributed by atoms with E-state index in [4.69, 9.17) is 10.2 Å². The van der Waals surface area contributed by atoms with Gasteiger partial charge in [0.05, 0.1) is 16.9 Å². The van der Waals surface area contributed by atoms with Crippen LogP contribution in [0.4, 0.5) is 10.6 Å². The average molecular weight is 487 g/mol. The number of fused-ring (bicyclic) bond motifs is 4. The summed E-state index contributed by atoms with van der Waals surface area (Å²) in [5, 5.41) is 16.2. The molecule has 1 amide bonds. The van der Waals surface area contributed by atoms with E-state index in [2.05, 4.69) is 14.5 Å². The maximum atomic E-state index is 11.6. The molecule has 0 saturated carbocycles. The van der Waals surface area contributed by atoms with E-state index in [1.165, 1.54) is 11.5 Å². The van der Waals surface area contributed by atoms with Crippen LogP contribution in [-0.2, 0) is 0 Å². The Morgan fingerprint density at radius 1 is 1.11 bits per heavy atom. The number of hydrogen-bond donors (Lipinski definition) is 2. The first-order chi connectivity index (χ1) is 17.1. The van der Waals surface area contributed by atoms with Crippen molar-refractivity contribution in [2.45, 2.75) is 43.8 Å². The number of carboxylic acid groups (broad SMARTS) is 1. The molecule has 35 heavy (non-hydrogen) atoms. The maximum Gasteiger partial charge on any atom is 0.407 e. The molecule has 3 N–H and O–H groups in total. The fraction of sp³-hybridized carbons (Fsp3) is 0.280. The Morgan fingerprint density at radius 3 is 2.74 bits per heavy atom. The zero-order valence-electron chi connectivity index (χ0n) is 18.7. The number of anilines is 1. The van der Waals surface area contributed by atoms with Crippen molar-refractivity contribution in [2.24, 2.45) is 0 Å². The number of furan rings is 1. The van der Waals surface area contributed by atoms with Crippen molar-refractivity contribution in [1.82, 2.24) is 24.0 Å². The van der Waals surface area contributed by atoms with E-state index in [1.807, 2.05) is 47.5 Å². The van der Waals surface area contributed by atoms with E-state index in [9.17, 15) is 9.90 Å². The lowest BCUT2D eigenvalue weighted by atomic mass is 9.98. The van der Waals surface area contributed by atoms with E-state index < -0.39 is 6.09 Å². The zero-order chi connectivity index (χ0) is 23.7. The summed E-state index contributed by atoms with van der Waals surface area (Å²) in [6.07, 6.45) is 10.1. The normalized spacial score (nSPS) is 21.8. The van der Waals surface area contributed by atoms with Crippen LogP contribution in [0.2, 0.25) is 0 Å². The molecule has 2 saturated heterocycles. The summed E-state index contributed by atoms with van der Waals surface area (Å²) in [4.78, 5) is 17.7. The van der Waals surface area contributed by atoms with Gasteiger partial charge in [0.2, 0.25) is 0 Å². The number of rotatable bonds is 3. The summed E-state index contributed by atoms with van der Waals surface area (Å²) in [7, 11) is 0. The smallest absolute Gasteiger partial charge is 0.407 e. The van der Waals surface area contributed by atoms with Crippen LogP contribution in [0.15, 0.2) is 53.5 Å². The number of aromatic nitrogens is 4. The molecular weight excluding hydrogens is 464 g/mol. The lowest BCUT2D eigenvalue weighted by Gasteiger charge is -2.37. The molecule has 6 heterocycles. The van der Waals surface area contributed by atoms with Gasteiger partial charge in [-0.15, -0.1) is 0 Å². The van der Waals surface area contributed by atoms with Gasteiger partial charge < -0.3 is 20.2 Å². The van der Waals surface area contributed by atoms with Crippen LogP contribution >= 0.6 is 11.5 Å². The van der Waals surface area contributed by atoms with E-state index >= 15 is 0 Å². The van der Waals surface area contributed by atoms with Crippen LogP contribution in [0.1, 0.15) is 31.7 Å². The van der Waals surface area contributed by atoms with Crippen LogP contribution in [0.25, 0.3) is 43.5 Å². The van der Waals surface area contributed by atoms with Crippen molar-refractivity contribution in [2.75, 3.05) is 5.73 Å². The van der Waals surface area contributed by atoms with Gasteiger partial charge in [0.25, 0.3) is 0 Å². The Labute approximate surface area is 203 Å². The monoisotopic (exact) mass is 486 g/mol. The van der Waals surface area contributed by atoms with E-state index in [-0.39, 0.29) is 18.1 Å². The van der Waals surface area contributed by atoms with Gasteiger partial charge in [0.1, 0.15) is 5.76 Å². The molecule has 2 unspecified atom stereocenters. The van der Waals surface area contributed by atoms with Crippen molar-refractivity contribution in [1.29, 1.82) is 0 Å². The molecule has 0 radical (unpaired) electrons. The van der Waals surface area contributed by atoms with Gasteiger partial charge in [-0.2, -0.15) is 9.47 Å². The van der Waals surface area contributed by atoms with Gasteiger partial charge in [-0.1, -0.05) is 12.1 Å². The average Bonchev–Trinajstić information content (AvgIpc) is 3.64. The largest absolute Gasteiger partial charge is 0.465 e. The summed E-state index contributed by atoms with van der Waals surface area (Å²) >= 11 is 1.44. The second-order valence-electron chi connectivity index (χ2n) is 9.37. The number of pyridine rings is 1. The SMILES string of the molecule is Nc1ncc(-c2cnn(C3CC4CCC(C3)N4C(=O)O)c2)c2cc(-c3cccc4cnsc34)oc12. The first-order valence-electron chi connectivity index (χ1n) is 11.6. The first-order valence-corrected chi connectivity index (χ1v) is 12.4. The molecule has 176 valence electrons. The fourth-order valence-corrected chi connectivity index (χ4v) is 6.61. The maximum absolute atomic E-state index is 11.6. The minimum absolute atomic E-state index is 0.0691. The summed E-state index contributed by atoms with van der Waals surface area (Å²) in [5.41, 5.74) is 9.56. The molecule has 0 aliphatic carbocycles. The molecule has 9 nitrogen and oxygen atoms in total. The van der Waals surface area contributed by atoms with E-state index in [0.29, 0.717) is 11.4 Å². The highest BCUT2D eigenvalue weighted by Gasteiger charge is 2.44. The third-order valence-corrected chi connectivity index (χ3v) is 8.30. The molecule has 1 aromatic carbocycles. The molecule has 2 bridgehead atoms. The second kappa shape index (κ2) is 7.54. The topological polar surface area (TPSA) is 123 Å². The second-order valence-corrected chi connectivity index (χ2v) is 10.2. The van der Waals surface area contributed by atoms with Crippen LogP contribution in [-0.4, -0.2) is 47.3 Å². The molecule has 2 atom stereocenters. The van der Waals surface area contributed by atoms with Gasteiger partial charge in [-0.3, -0.25) is 4.68 Å². The van der Waals surface area contributed by atoms with Crippen LogP contribution < -0.4 is 5.73 Å². The van der Waals surface area contributed by atoms with Crippen LogP contribution in [0, 0.1) is 0 Å². The Hall–Kier alpha value is -3.92. The molecule has 7 rings (SSSR count). The number of nitrogens with two attached hydrogens (primary N) is 1. The number of nitrogens with zero attached hydrogens (tertiary/aromatic N) is 5. The number of piperidine rings is 1. The Morgan fingerprint density at radius 2 is 1.94 bits per heavy atom. The highest BCUT2D eigenvalue weighted by atomic mass is 32.1. The molecule has 2 aliphatic heterocycles. The molecular formula is C25H22N6O3S. The quantitative estimate of drug-likeness (QED) is 0.350. The van der Waals surface area contributed by atoms with Gasteiger partial charge in [0.15, 0.2) is 11.4 Å². The predicted molar refractivity (Wildman–Crippen MR) is 133 cm³/mol. The van der Waals surface area contributed by atoms with Crippen LogP contribution in [0.3, 0.4) is 0 Å². The van der Waals surface area contributed by atoms with E-state index in [0.717, 1.165) is 63.6 Å². The van der Waals surface area contributed by atoms with E-state index in [1.54, 1.807) is 11.1 Å². The van der Waals surface area contributed by atoms with Gasteiger partial charge >= 0.3 is 6.09 Å². The van der Waals surface area contributed by atoms with Crippen molar-refractivity contribution in [3.8, 4) is 22.5 Å².